The quantitative estimate of drug-likeness (QED) is 0.633. The number of thioether (sulfide) groups is 1. The fraction of sp³-hybridized carbons (Fsp3) is 0.167. The molecule has 0 aliphatic rings. The van der Waals surface area contributed by atoms with Crippen molar-refractivity contribution in [2.24, 2.45) is 7.05 Å². The fourth-order valence-corrected chi connectivity index (χ4v) is 2.42. The van der Waals surface area contributed by atoms with Crippen LogP contribution in [0.15, 0.2) is 32.9 Å². The summed E-state index contributed by atoms with van der Waals surface area (Å²) in [5.74, 6) is -1.90. The van der Waals surface area contributed by atoms with Crippen molar-refractivity contribution in [3.05, 3.63) is 55.9 Å². The van der Waals surface area contributed by atoms with Crippen LogP contribution in [-0.4, -0.2) is 25.8 Å². The number of benzene rings is 1. The largest absolute Gasteiger partial charge is 0.478 e. The van der Waals surface area contributed by atoms with E-state index in [1.807, 2.05) is 0 Å². The van der Waals surface area contributed by atoms with Crippen molar-refractivity contribution in [2.75, 3.05) is 0 Å². The third-order valence-corrected chi connectivity index (χ3v) is 3.68. The smallest absolute Gasteiger partial charge is 0.339 e. The lowest BCUT2D eigenvalue weighted by atomic mass is 10.1. The van der Waals surface area contributed by atoms with Crippen molar-refractivity contribution in [3.8, 4) is 0 Å². The van der Waals surface area contributed by atoms with Crippen LogP contribution in [0.3, 0.4) is 0 Å². The Morgan fingerprint density at radius 1 is 1.48 bits per heavy atom. The van der Waals surface area contributed by atoms with E-state index in [0.29, 0.717) is 5.56 Å². The van der Waals surface area contributed by atoms with Crippen LogP contribution in [-0.2, 0) is 12.8 Å². The van der Waals surface area contributed by atoms with E-state index in [0.717, 1.165) is 17.8 Å². The molecular weight excluding hydrogens is 301 g/mol. The Labute approximate surface area is 121 Å². The Hall–Kier alpha value is -2.42. The molecule has 7 nitrogen and oxygen atoms in total. The van der Waals surface area contributed by atoms with Crippen LogP contribution < -0.4 is 11.1 Å². The van der Waals surface area contributed by atoms with Gasteiger partial charge in [0.25, 0.3) is 0 Å². The Morgan fingerprint density at radius 3 is 2.81 bits per heavy atom. The van der Waals surface area contributed by atoms with E-state index in [-0.39, 0.29) is 10.9 Å². The zero-order valence-electron chi connectivity index (χ0n) is 10.8. The summed E-state index contributed by atoms with van der Waals surface area (Å²) in [6.07, 6.45) is 0. The molecule has 0 radical (unpaired) electrons. The van der Waals surface area contributed by atoms with Crippen LogP contribution in [0.25, 0.3) is 0 Å². The lowest BCUT2D eigenvalue weighted by Gasteiger charge is -2.06. The minimum Gasteiger partial charge on any atom is -0.478 e. The highest BCUT2D eigenvalue weighted by molar-refractivity contribution is 7.98. The van der Waals surface area contributed by atoms with E-state index in [2.05, 4.69) is 10.1 Å². The van der Waals surface area contributed by atoms with Crippen LogP contribution >= 0.6 is 11.8 Å². The third kappa shape index (κ3) is 3.37. The number of carbonyl (C=O) groups is 1. The Bertz CT molecular complexity index is 815. The number of halogens is 1. The first-order chi connectivity index (χ1) is 9.88. The third-order valence-electron chi connectivity index (χ3n) is 2.58. The fourth-order valence-electron chi connectivity index (χ4n) is 1.56. The maximum atomic E-state index is 13.5. The van der Waals surface area contributed by atoms with Crippen LogP contribution in [0, 0.1) is 5.82 Å². The van der Waals surface area contributed by atoms with Gasteiger partial charge >= 0.3 is 17.1 Å². The molecule has 1 aromatic carbocycles. The highest BCUT2D eigenvalue weighted by Crippen LogP contribution is 2.20. The Morgan fingerprint density at radius 2 is 2.19 bits per heavy atom. The number of hydrogen-bond acceptors (Lipinski definition) is 5. The summed E-state index contributed by atoms with van der Waals surface area (Å²) in [4.78, 5) is 36.5. The second kappa shape index (κ2) is 5.92. The maximum absolute atomic E-state index is 13.5. The van der Waals surface area contributed by atoms with Crippen molar-refractivity contribution < 1.29 is 14.3 Å². The predicted molar refractivity (Wildman–Crippen MR) is 73.0 cm³/mol. The number of aromatic nitrogens is 3. The molecule has 0 fully saturated rings. The standard InChI is InChI=1S/C12H10FN3O4S/c1-16-12(14-9(17)10(18)15-16)21-5-6-2-3-7(11(19)20)8(13)4-6/h2-4H,5H2,1H3,(H,15,18)(H,19,20). The number of carboxylic acids is 1. The summed E-state index contributed by atoms with van der Waals surface area (Å²) in [5.41, 5.74) is -1.59. The molecule has 0 saturated carbocycles. The van der Waals surface area contributed by atoms with Gasteiger partial charge in [-0.25, -0.2) is 9.18 Å². The second-order valence-corrected chi connectivity index (χ2v) is 5.05. The van der Waals surface area contributed by atoms with E-state index < -0.39 is 28.5 Å². The molecule has 1 aromatic heterocycles. The Kier molecular flexibility index (Phi) is 4.22. The minimum atomic E-state index is -1.34. The van der Waals surface area contributed by atoms with Gasteiger partial charge in [0.15, 0.2) is 5.16 Å². The first-order valence-corrected chi connectivity index (χ1v) is 6.69. The number of aryl methyl sites for hydroxylation is 1. The average molecular weight is 311 g/mol. The minimum absolute atomic E-state index is 0.266. The summed E-state index contributed by atoms with van der Waals surface area (Å²) in [7, 11) is 1.52. The molecule has 0 bridgehead atoms. The number of rotatable bonds is 4. The topological polar surface area (TPSA) is 105 Å². The van der Waals surface area contributed by atoms with Crippen molar-refractivity contribution in [3.63, 3.8) is 0 Å². The predicted octanol–water partition coefficient (Wildman–Crippen LogP) is 0.598. The van der Waals surface area contributed by atoms with Gasteiger partial charge in [-0.15, -0.1) is 0 Å². The van der Waals surface area contributed by atoms with Crippen molar-refractivity contribution >= 4 is 17.7 Å². The highest BCUT2D eigenvalue weighted by atomic mass is 32.2. The molecule has 21 heavy (non-hydrogen) atoms. The highest BCUT2D eigenvalue weighted by Gasteiger charge is 2.11. The van der Waals surface area contributed by atoms with Gasteiger partial charge in [0, 0.05) is 12.8 Å². The first-order valence-electron chi connectivity index (χ1n) is 5.70. The van der Waals surface area contributed by atoms with Gasteiger partial charge in [0.1, 0.15) is 5.82 Å². The van der Waals surface area contributed by atoms with E-state index in [1.165, 1.54) is 23.9 Å². The molecule has 0 spiro atoms. The molecule has 0 aliphatic heterocycles. The maximum Gasteiger partial charge on any atom is 0.339 e. The van der Waals surface area contributed by atoms with E-state index in [4.69, 9.17) is 5.11 Å². The van der Waals surface area contributed by atoms with Gasteiger partial charge in [-0.2, -0.15) is 4.98 Å². The number of nitrogens with zero attached hydrogens (tertiary/aromatic N) is 2. The second-order valence-electron chi connectivity index (χ2n) is 4.11. The van der Waals surface area contributed by atoms with Gasteiger partial charge in [-0.1, -0.05) is 17.8 Å². The molecule has 2 N–H and O–H groups in total. The van der Waals surface area contributed by atoms with Gasteiger partial charge in [0.05, 0.1) is 5.56 Å². The number of aromatic amines is 1. The SMILES string of the molecule is Cn1[nH]c(=O)c(=O)nc1SCc1ccc(C(=O)O)c(F)c1. The lowest BCUT2D eigenvalue weighted by molar-refractivity contribution is 0.0692. The molecule has 2 rings (SSSR count). The average Bonchev–Trinajstić information content (AvgIpc) is 2.41. The normalized spacial score (nSPS) is 10.6. The van der Waals surface area contributed by atoms with Gasteiger partial charge in [-0.3, -0.25) is 19.4 Å². The number of H-pyrrole nitrogens is 1. The summed E-state index contributed by atoms with van der Waals surface area (Å²) in [5, 5.41) is 11.3. The zero-order valence-corrected chi connectivity index (χ0v) is 11.6. The van der Waals surface area contributed by atoms with Crippen molar-refractivity contribution in [1.82, 2.24) is 14.8 Å². The van der Waals surface area contributed by atoms with Gasteiger partial charge in [0.2, 0.25) is 0 Å². The molecule has 0 unspecified atom stereocenters. The van der Waals surface area contributed by atoms with Crippen LogP contribution in [0.1, 0.15) is 15.9 Å². The number of hydrogen-bond donors (Lipinski definition) is 2. The molecule has 0 aliphatic carbocycles. The number of nitrogens with one attached hydrogen (secondary N) is 1. The monoisotopic (exact) mass is 311 g/mol. The lowest BCUT2D eigenvalue weighted by Crippen LogP contribution is -2.33. The van der Waals surface area contributed by atoms with Crippen LogP contribution in [0.2, 0.25) is 0 Å². The molecule has 110 valence electrons. The summed E-state index contributed by atoms with van der Waals surface area (Å²) >= 11 is 1.11. The van der Waals surface area contributed by atoms with E-state index >= 15 is 0 Å². The van der Waals surface area contributed by atoms with Crippen molar-refractivity contribution in [1.29, 1.82) is 0 Å². The van der Waals surface area contributed by atoms with E-state index in [1.54, 1.807) is 0 Å². The number of aromatic carboxylic acids is 1. The number of carboxylic acid groups (broad SMARTS) is 1. The zero-order chi connectivity index (χ0) is 15.6. The molecule has 1 heterocycles. The van der Waals surface area contributed by atoms with Gasteiger partial charge in [-0.05, 0) is 17.7 Å². The summed E-state index contributed by atoms with van der Waals surface area (Å²) < 4.78 is 14.8. The summed E-state index contributed by atoms with van der Waals surface area (Å²) in [6, 6.07) is 3.76. The van der Waals surface area contributed by atoms with Crippen molar-refractivity contribution in [2.45, 2.75) is 10.9 Å². The van der Waals surface area contributed by atoms with E-state index in [9.17, 15) is 18.8 Å². The Balaban J connectivity index is 2.19. The first kappa shape index (κ1) is 15.0. The summed E-state index contributed by atoms with van der Waals surface area (Å²) in [6.45, 7) is 0. The van der Waals surface area contributed by atoms with Gasteiger partial charge < -0.3 is 5.11 Å². The van der Waals surface area contributed by atoms with Crippen LogP contribution in [0.5, 0.6) is 0 Å². The molecule has 2 aromatic rings. The molecular formula is C12H10FN3O4S. The molecule has 0 amide bonds. The molecule has 9 heteroatoms. The van der Waals surface area contributed by atoms with Crippen LogP contribution in [0.4, 0.5) is 4.39 Å². The molecule has 0 saturated heterocycles. The molecule has 0 atom stereocenters.